The zero-order chi connectivity index (χ0) is 15.3. The number of hydrogen-bond acceptors (Lipinski definition) is 3. The maximum Gasteiger partial charge on any atom is 0.306 e. The molecule has 1 amide bonds. The topological polar surface area (TPSA) is 84.2 Å². The standard InChI is InChI=1S/C16H21N3O3/c20-15(13-5-6-19(18-13)9-3-1-2-4-9)17-14-8-12(16(21)22)10-7-11(10)14/h5-6,9-12,14H,1-4,7-8H2,(H,17,20)(H,21,22)/t10-,11+,12-,14+/m1/s1. The van der Waals surface area contributed by atoms with Crippen LogP contribution in [0, 0.1) is 17.8 Å². The van der Waals surface area contributed by atoms with E-state index in [9.17, 15) is 14.7 Å². The Morgan fingerprint density at radius 2 is 2.00 bits per heavy atom. The molecule has 2 N–H and O–H groups in total. The van der Waals surface area contributed by atoms with Gasteiger partial charge in [-0.05, 0) is 43.6 Å². The average molecular weight is 303 g/mol. The smallest absolute Gasteiger partial charge is 0.306 e. The molecule has 0 unspecified atom stereocenters. The van der Waals surface area contributed by atoms with Crippen molar-refractivity contribution in [1.82, 2.24) is 15.1 Å². The molecule has 0 saturated heterocycles. The number of amides is 1. The number of carboxylic acid groups (broad SMARTS) is 1. The van der Waals surface area contributed by atoms with E-state index in [4.69, 9.17) is 0 Å². The van der Waals surface area contributed by atoms with Crippen molar-refractivity contribution >= 4 is 11.9 Å². The van der Waals surface area contributed by atoms with E-state index in [0.717, 1.165) is 19.3 Å². The molecule has 3 fully saturated rings. The average Bonchev–Trinajstić information content (AvgIpc) is 2.92. The van der Waals surface area contributed by atoms with Crippen molar-refractivity contribution in [2.75, 3.05) is 0 Å². The number of carboxylic acids is 1. The summed E-state index contributed by atoms with van der Waals surface area (Å²) in [5.41, 5.74) is 0.447. The minimum Gasteiger partial charge on any atom is -0.481 e. The Kier molecular flexibility index (Phi) is 3.20. The van der Waals surface area contributed by atoms with Crippen molar-refractivity contribution < 1.29 is 14.7 Å². The van der Waals surface area contributed by atoms with Crippen LogP contribution in [0.5, 0.6) is 0 Å². The van der Waals surface area contributed by atoms with E-state index < -0.39 is 5.97 Å². The van der Waals surface area contributed by atoms with E-state index in [0.29, 0.717) is 24.1 Å². The maximum absolute atomic E-state index is 12.3. The third-order valence-electron chi connectivity index (χ3n) is 5.61. The lowest BCUT2D eigenvalue weighted by atomic mass is 10.0. The Bertz CT molecular complexity index is 606. The van der Waals surface area contributed by atoms with Gasteiger partial charge in [0.15, 0.2) is 0 Å². The third-order valence-corrected chi connectivity index (χ3v) is 5.61. The summed E-state index contributed by atoms with van der Waals surface area (Å²) < 4.78 is 1.91. The highest BCUT2D eigenvalue weighted by Gasteiger charge is 2.57. The predicted octanol–water partition coefficient (Wildman–Crippen LogP) is 1.84. The molecular formula is C16H21N3O3. The van der Waals surface area contributed by atoms with Crippen molar-refractivity contribution in [3.05, 3.63) is 18.0 Å². The van der Waals surface area contributed by atoms with Gasteiger partial charge in [0.25, 0.3) is 5.91 Å². The molecule has 1 aromatic heterocycles. The Morgan fingerprint density at radius 3 is 2.68 bits per heavy atom. The number of rotatable bonds is 4. The van der Waals surface area contributed by atoms with Crippen LogP contribution in [0.25, 0.3) is 0 Å². The second-order valence-electron chi connectivity index (χ2n) is 6.94. The quantitative estimate of drug-likeness (QED) is 0.889. The fourth-order valence-electron chi connectivity index (χ4n) is 4.31. The Hall–Kier alpha value is -1.85. The Morgan fingerprint density at radius 1 is 1.23 bits per heavy atom. The molecule has 0 bridgehead atoms. The summed E-state index contributed by atoms with van der Waals surface area (Å²) in [7, 11) is 0. The van der Waals surface area contributed by atoms with E-state index in [1.165, 1.54) is 12.8 Å². The highest BCUT2D eigenvalue weighted by Crippen LogP contribution is 2.55. The lowest BCUT2D eigenvalue weighted by Crippen LogP contribution is -2.36. The van der Waals surface area contributed by atoms with Crippen LogP contribution in [-0.4, -0.2) is 32.8 Å². The molecule has 22 heavy (non-hydrogen) atoms. The van der Waals surface area contributed by atoms with Gasteiger partial charge in [-0.25, -0.2) is 0 Å². The molecule has 118 valence electrons. The van der Waals surface area contributed by atoms with Crippen molar-refractivity contribution in [2.45, 2.75) is 50.6 Å². The summed E-state index contributed by atoms with van der Waals surface area (Å²) in [5, 5.41) is 16.6. The van der Waals surface area contributed by atoms with Crippen molar-refractivity contribution in [2.24, 2.45) is 17.8 Å². The van der Waals surface area contributed by atoms with E-state index in [1.807, 2.05) is 10.9 Å². The zero-order valence-corrected chi connectivity index (χ0v) is 12.4. The SMILES string of the molecule is O=C(N[C@H]1C[C@@H](C(=O)O)[C@@H]2C[C@@H]21)c1ccn(C2CCCC2)n1. The Balaban J connectivity index is 1.39. The van der Waals surface area contributed by atoms with E-state index in [-0.39, 0.29) is 23.8 Å². The fourth-order valence-corrected chi connectivity index (χ4v) is 4.31. The molecule has 3 aliphatic carbocycles. The molecule has 0 aliphatic heterocycles. The molecule has 6 nitrogen and oxygen atoms in total. The normalized spacial score (nSPS) is 33.6. The first-order valence-corrected chi connectivity index (χ1v) is 8.22. The molecule has 4 rings (SSSR count). The fraction of sp³-hybridized carbons (Fsp3) is 0.688. The number of fused-ring (bicyclic) bond motifs is 1. The summed E-state index contributed by atoms with van der Waals surface area (Å²) in [6, 6.07) is 2.19. The van der Waals surface area contributed by atoms with Gasteiger partial charge < -0.3 is 10.4 Å². The van der Waals surface area contributed by atoms with Gasteiger partial charge >= 0.3 is 5.97 Å². The van der Waals surface area contributed by atoms with Crippen molar-refractivity contribution in [3.63, 3.8) is 0 Å². The molecule has 4 atom stereocenters. The molecule has 3 saturated carbocycles. The summed E-state index contributed by atoms with van der Waals surface area (Å²) >= 11 is 0. The number of carbonyl (C=O) groups is 2. The van der Waals surface area contributed by atoms with E-state index in [2.05, 4.69) is 10.4 Å². The zero-order valence-electron chi connectivity index (χ0n) is 12.4. The highest BCUT2D eigenvalue weighted by atomic mass is 16.4. The maximum atomic E-state index is 12.3. The summed E-state index contributed by atoms with van der Waals surface area (Å²) in [6.07, 6.45) is 8.10. The predicted molar refractivity (Wildman–Crippen MR) is 78.3 cm³/mol. The van der Waals surface area contributed by atoms with Gasteiger partial charge in [-0.2, -0.15) is 5.10 Å². The van der Waals surface area contributed by atoms with Crippen molar-refractivity contribution in [1.29, 1.82) is 0 Å². The number of hydrogen-bond donors (Lipinski definition) is 2. The molecule has 1 heterocycles. The minimum absolute atomic E-state index is 0.00442. The van der Waals surface area contributed by atoms with Gasteiger partial charge in [0.2, 0.25) is 0 Å². The molecule has 0 radical (unpaired) electrons. The van der Waals surface area contributed by atoms with Crippen LogP contribution in [0.1, 0.15) is 55.1 Å². The summed E-state index contributed by atoms with van der Waals surface area (Å²) in [4.78, 5) is 23.5. The van der Waals surface area contributed by atoms with Gasteiger partial charge in [-0.3, -0.25) is 14.3 Å². The van der Waals surface area contributed by atoms with Gasteiger partial charge in [-0.15, -0.1) is 0 Å². The number of nitrogens with zero attached hydrogens (tertiary/aromatic N) is 2. The summed E-state index contributed by atoms with van der Waals surface area (Å²) in [6.45, 7) is 0. The largest absolute Gasteiger partial charge is 0.481 e. The van der Waals surface area contributed by atoms with Crippen LogP contribution >= 0.6 is 0 Å². The van der Waals surface area contributed by atoms with Crippen LogP contribution in [-0.2, 0) is 4.79 Å². The number of nitrogens with one attached hydrogen (secondary N) is 1. The second-order valence-corrected chi connectivity index (χ2v) is 6.94. The van der Waals surface area contributed by atoms with Gasteiger partial charge in [0.05, 0.1) is 12.0 Å². The van der Waals surface area contributed by atoms with Crippen LogP contribution in [0.3, 0.4) is 0 Å². The first kappa shape index (κ1) is 13.8. The number of aromatic nitrogens is 2. The van der Waals surface area contributed by atoms with E-state index in [1.54, 1.807) is 6.07 Å². The lowest BCUT2D eigenvalue weighted by molar-refractivity contribution is -0.142. The van der Waals surface area contributed by atoms with Gasteiger partial charge in [0, 0.05) is 12.2 Å². The van der Waals surface area contributed by atoms with Crippen LogP contribution < -0.4 is 5.32 Å². The van der Waals surface area contributed by atoms with Crippen LogP contribution in [0.15, 0.2) is 12.3 Å². The molecule has 0 aromatic carbocycles. The number of aliphatic carboxylic acids is 1. The first-order chi connectivity index (χ1) is 10.6. The molecular weight excluding hydrogens is 282 g/mol. The molecule has 3 aliphatic rings. The summed E-state index contributed by atoms with van der Waals surface area (Å²) in [5.74, 6) is -0.569. The molecule has 1 aromatic rings. The van der Waals surface area contributed by atoms with Gasteiger partial charge in [0.1, 0.15) is 5.69 Å². The van der Waals surface area contributed by atoms with Gasteiger partial charge in [-0.1, -0.05) is 12.8 Å². The minimum atomic E-state index is -0.727. The first-order valence-electron chi connectivity index (χ1n) is 8.22. The third kappa shape index (κ3) is 2.30. The highest BCUT2D eigenvalue weighted by molar-refractivity contribution is 5.92. The molecule has 0 spiro atoms. The second kappa shape index (κ2) is 5.11. The Labute approximate surface area is 128 Å². The van der Waals surface area contributed by atoms with Crippen molar-refractivity contribution in [3.8, 4) is 0 Å². The van der Waals surface area contributed by atoms with E-state index >= 15 is 0 Å². The number of carbonyl (C=O) groups excluding carboxylic acids is 1. The molecule has 6 heteroatoms. The monoisotopic (exact) mass is 303 g/mol. The van der Waals surface area contributed by atoms with Crippen LogP contribution in [0.2, 0.25) is 0 Å². The lowest BCUT2D eigenvalue weighted by Gasteiger charge is -2.15. The van der Waals surface area contributed by atoms with Crippen LogP contribution in [0.4, 0.5) is 0 Å².